The summed E-state index contributed by atoms with van der Waals surface area (Å²) in [6, 6.07) is 7.28. The Kier molecular flexibility index (Phi) is 4.52. The van der Waals surface area contributed by atoms with Gasteiger partial charge in [-0.1, -0.05) is 17.2 Å². The Hall–Kier alpha value is -2.08. The predicted octanol–water partition coefficient (Wildman–Crippen LogP) is 2.07. The highest BCUT2D eigenvalue weighted by Crippen LogP contribution is 2.24. The van der Waals surface area contributed by atoms with E-state index in [-0.39, 0.29) is 0 Å². The van der Waals surface area contributed by atoms with E-state index in [4.69, 9.17) is 4.42 Å². The zero-order valence-corrected chi connectivity index (χ0v) is 14.4. The molecule has 2 heterocycles. The van der Waals surface area contributed by atoms with Crippen molar-refractivity contribution in [1.29, 1.82) is 0 Å². The molecule has 0 bridgehead atoms. The molecule has 0 N–H and O–H groups in total. The Bertz CT molecular complexity index is 659. The summed E-state index contributed by atoms with van der Waals surface area (Å²) < 4.78 is 5.76. The zero-order valence-electron chi connectivity index (χ0n) is 14.4. The molecule has 0 atom stereocenters. The minimum Gasteiger partial charge on any atom is -0.407 e. The van der Waals surface area contributed by atoms with Gasteiger partial charge in [0.1, 0.15) is 0 Å². The molecule has 124 valence electrons. The molecule has 1 aliphatic heterocycles. The van der Waals surface area contributed by atoms with E-state index in [2.05, 4.69) is 52.0 Å². The predicted molar refractivity (Wildman–Crippen MR) is 92.0 cm³/mol. The van der Waals surface area contributed by atoms with Gasteiger partial charge in [-0.15, -0.1) is 5.10 Å². The Morgan fingerprint density at radius 3 is 2.43 bits per heavy atom. The van der Waals surface area contributed by atoms with Gasteiger partial charge in [-0.2, -0.15) is 0 Å². The van der Waals surface area contributed by atoms with Crippen LogP contribution < -0.4 is 9.80 Å². The van der Waals surface area contributed by atoms with Crippen LogP contribution in [0.1, 0.15) is 17.0 Å². The molecule has 6 heteroatoms. The first-order valence-corrected chi connectivity index (χ1v) is 8.07. The Labute approximate surface area is 137 Å². The molecule has 1 aromatic carbocycles. The number of rotatable bonds is 4. The number of piperazine rings is 1. The molecule has 0 amide bonds. The van der Waals surface area contributed by atoms with E-state index in [1.807, 2.05) is 19.0 Å². The minimum atomic E-state index is 0.641. The summed E-state index contributed by atoms with van der Waals surface area (Å²) >= 11 is 0. The third kappa shape index (κ3) is 3.64. The first kappa shape index (κ1) is 15.8. The lowest BCUT2D eigenvalue weighted by atomic mass is 10.1. The smallest absolute Gasteiger partial charge is 0.318 e. The van der Waals surface area contributed by atoms with Crippen molar-refractivity contribution in [3.05, 3.63) is 35.2 Å². The topological polar surface area (TPSA) is 48.6 Å². The van der Waals surface area contributed by atoms with E-state index in [1.54, 1.807) is 0 Å². The molecule has 0 saturated carbocycles. The van der Waals surface area contributed by atoms with Crippen LogP contribution in [-0.4, -0.2) is 55.4 Å². The summed E-state index contributed by atoms with van der Waals surface area (Å²) in [5, 5.41) is 8.31. The summed E-state index contributed by atoms with van der Waals surface area (Å²) in [5.41, 5.74) is 3.97. The fourth-order valence-electron chi connectivity index (χ4n) is 2.91. The number of benzene rings is 1. The van der Waals surface area contributed by atoms with Gasteiger partial charge in [0.05, 0.1) is 6.54 Å². The van der Waals surface area contributed by atoms with Crippen LogP contribution in [0.4, 0.5) is 11.7 Å². The minimum absolute atomic E-state index is 0.641. The summed E-state index contributed by atoms with van der Waals surface area (Å²) in [6.07, 6.45) is 0. The number of anilines is 2. The van der Waals surface area contributed by atoms with Gasteiger partial charge >= 0.3 is 6.01 Å². The molecular weight excluding hydrogens is 290 g/mol. The van der Waals surface area contributed by atoms with Crippen LogP contribution >= 0.6 is 0 Å². The van der Waals surface area contributed by atoms with Crippen LogP contribution in [0.15, 0.2) is 22.6 Å². The summed E-state index contributed by atoms with van der Waals surface area (Å²) in [4.78, 5) is 6.64. The molecule has 3 rings (SSSR count). The molecule has 1 saturated heterocycles. The highest BCUT2D eigenvalue weighted by molar-refractivity contribution is 5.56. The quantitative estimate of drug-likeness (QED) is 0.861. The molecule has 1 aromatic heterocycles. The van der Waals surface area contributed by atoms with E-state index >= 15 is 0 Å². The van der Waals surface area contributed by atoms with Gasteiger partial charge in [-0.05, 0) is 45.1 Å². The fourth-order valence-corrected chi connectivity index (χ4v) is 2.91. The first-order valence-electron chi connectivity index (χ1n) is 8.07. The highest BCUT2D eigenvalue weighted by Gasteiger charge is 2.22. The lowest BCUT2D eigenvalue weighted by Gasteiger charge is -2.36. The van der Waals surface area contributed by atoms with Crippen LogP contribution in [0.25, 0.3) is 0 Å². The number of nitrogens with zero attached hydrogens (tertiary/aromatic N) is 5. The molecule has 6 nitrogen and oxygen atoms in total. The summed E-state index contributed by atoms with van der Waals surface area (Å²) in [7, 11) is 3.99. The van der Waals surface area contributed by atoms with Crippen molar-refractivity contribution in [3.63, 3.8) is 0 Å². The van der Waals surface area contributed by atoms with Crippen LogP contribution in [0.5, 0.6) is 0 Å². The lowest BCUT2D eigenvalue weighted by molar-refractivity contribution is 0.341. The van der Waals surface area contributed by atoms with Crippen LogP contribution in [-0.2, 0) is 6.54 Å². The van der Waals surface area contributed by atoms with E-state index < -0.39 is 0 Å². The highest BCUT2D eigenvalue weighted by atomic mass is 16.4. The summed E-state index contributed by atoms with van der Waals surface area (Å²) in [5.74, 6) is 0.668. The van der Waals surface area contributed by atoms with Gasteiger partial charge in [0.15, 0.2) is 0 Å². The van der Waals surface area contributed by atoms with E-state index in [0.29, 0.717) is 18.5 Å². The third-order valence-electron chi connectivity index (χ3n) is 4.16. The van der Waals surface area contributed by atoms with E-state index in [9.17, 15) is 0 Å². The lowest BCUT2D eigenvalue weighted by Crippen LogP contribution is -2.47. The van der Waals surface area contributed by atoms with Gasteiger partial charge < -0.3 is 19.1 Å². The number of aromatic nitrogens is 2. The van der Waals surface area contributed by atoms with Crippen molar-refractivity contribution in [2.24, 2.45) is 0 Å². The van der Waals surface area contributed by atoms with E-state index in [1.165, 1.54) is 16.8 Å². The van der Waals surface area contributed by atoms with Crippen molar-refractivity contribution in [2.45, 2.75) is 20.4 Å². The van der Waals surface area contributed by atoms with E-state index in [0.717, 1.165) is 26.2 Å². The van der Waals surface area contributed by atoms with Gasteiger partial charge in [0, 0.05) is 31.9 Å². The molecule has 1 aliphatic rings. The number of hydrogen-bond donors (Lipinski definition) is 0. The second kappa shape index (κ2) is 6.58. The average Bonchev–Trinajstić information content (AvgIpc) is 2.97. The van der Waals surface area contributed by atoms with Crippen molar-refractivity contribution in [1.82, 2.24) is 15.1 Å². The van der Waals surface area contributed by atoms with Crippen LogP contribution in [0.3, 0.4) is 0 Å². The van der Waals surface area contributed by atoms with Gasteiger partial charge in [-0.25, -0.2) is 0 Å². The second-order valence-electron chi connectivity index (χ2n) is 6.48. The van der Waals surface area contributed by atoms with Crippen molar-refractivity contribution in [3.8, 4) is 0 Å². The molecule has 1 fully saturated rings. The standard InChI is InChI=1S/C17H25N5O/c1-13-5-6-14(2)15(11-13)21-7-9-22(10-8-21)17-19-18-16(23-17)12-20(3)4/h5-6,11H,7-10,12H2,1-4H3. The maximum atomic E-state index is 5.76. The molecule has 0 spiro atoms. The zero-order chi connectivity index (χ0) is 16.4. The Morgan fingerprint density at radius 2 is 1.74 bits per heavy atom. The van der Waals surface area contributed by atoms with Gasteiger partial charge in [0.25, 0.3) is 0 Å². The summed E-state index contributed by atoms with van der Waals surface area (Å²) in [6.45, 7) is 8.73. The van der Waals surface area contributed by atoms with Gasteiger partial charge in [0.2, 0.25) is 5.89 Å². The number of hydrogen-bond acceptors (Lipinski definition) is 6. The molecule has 0 aliphatic carbocycles. The normalized spacial score (nSPS) is 15.5. The fraction of sp³-hybridized carbons (Fsp3) is 0.529. The molecule has 0 unspecified atom stereocenters. The third-order valence-corrected chi connectivity index (χ3v) is 4.16. The average molecular weight is 315 g/mol. The maximum absolute atomic E-state index is 5.76. The maximum Gasteiger partial charge on any atom is 0.318 e. The monoisotopic (exact) mass is 315 g/mol. The van der Waals surface area contributed by atoms with Crippen LogP contribution in [0, 0.1) is 13.8 Å². The van der Waals surface area contributed by atoms with Crippen molar-refractivity contribution >= 4 is 11.7 Å². The largest absolute Gasteiger partial charge is 0.407 e. The SMILES string of the molecule is Cc1ccc(C)c(N2CCN(c3nnc(CN(C)C)o3)CC2)c1. The second-order valence-corrected chi connectivity index (χ2v) is 6.48. The molecule has 0 radical (unpaired) electrons. The van der Waals surface area contributed by atoms with Crippen LogP contribution in [0.2, 0.25) is 0 Å². The number of aryl methyl sites for hydroxylation is 2. The first-order chi connectivity index (χ1) is 11.0. The van der Waals surface area contributed by atoms with Crippen molar-refractivity contribution in [2.75, 3.05) is 50.1 Å². The molecular formula is C17H25N5O. The van der Waals surface area contributed by atoms with Gasteiger partial charge in [-0.3, -0.25) is 0 Å². The molecule has 23 heavy (non-hydrogen) atoms. The molecule has 2 aromatic rings. The Morgan fingerprint density at radius 1 is 1.04 bits per heavy atom. The Balaban J connectivity index is 1.64. The van der Waals surface area contributed by atoms with Crippen molar-refractivity contribution < 1.29 is 4.42 Å².